The van der Waals surface area contributed by atoms with Gasteiger partial charge in [-0.1, -0.05) is 19.9 Å². The summed E-state index contributed by atoms with van der Waals surface area (Å²) in [4.78, 5) is 24.3. The van der Waals surface area contributed by atoms with Crippen molar-refractivity contribution < 1.29 is 19.1 Å². The van der Waals surface area contributed by atoms with Crippen LogP contribution >= 0.6 is 12.2 Å². The van der Waals surface area contributed by atoms with E-state index < -0.39 is 5.91 Å². The molecule has 0 spiro atoms. The zero-order valence-electron chi connectivity index (χ0n) is 16.2. The van der Waals surface area contributed by atoms with Gasteiger partial charge in [-0.05, 0) is 42.5 Å². The molecule has 2 rings (SSSR count). The minimum absolute atomic E-state index is 0.0837. The second-order valence-electron chi connectivity index (χ2n) is 6.20. The first kappa shape index (κ1) is 21.2. The van der Waals surface area contributed by atoms with Crippen LogP contribution in [-0.4, -0.2) is 31.1 Å². The van der Waals surface area contributed by atoms with E-state index in [-0.39, 0.29) is 16.9 Å². The van der Waals surface area contributed by atoms with E-state index in [4.69, 9.17) is 21.7 Å². The van der Waals surface area contributed by atoms with E-state index in [2.05, 4.69) is 16.0 Å². The molecule has 148 valence electrons. The lowest BCUT2D eigenvalue weighted by Gasteiger charge is -2.13. The van der Waals surface area contributed by atoms with Crippen molar-refractivity contribution in [3.05, 3.63) is 48.0 Å². The molecule has 0 saturated carbocycles. The van der Waals surface area contributed by atoms with Gasteiger partial charge in [0.2, 0.25) is 5.91 Å². The third-order valence-corrected chi connectivity index (χ3v) is 4.00. The summed E-state index contributed by atoms with van der Waals surface area (Å²) in [5, 5.41) is 8.47. The molecule has 7 nitrogen and oxygen atoms in total. The number of carbonyl (C=O) groups is 2. The van der Waals surface area contributed by atoms with Gasteiger partial charge in [-0.15, -0.1) is 0 Å². The van der Waals surface area contributed by atoms with Gasteiger partial charge in [0, 0.05) is 23.4 Å². The Morgan fingerprint density at radius 2 is 1.64 bits per heavy atom. The van der Waals surface area contributed by atoms with Gasteiger partial charge in [-0.25, -0.2) is 0 Å². The van der Waals surface area contributed by atoms with E-state index in [1.165, 1.54) is 14.2 Å². The molecule has 0 radical (unpaired) electrons. The number of nitrogens with one attached hydrogen (secondary N) is 3. The van der Waals surface area contributed by atoms with Crippen molar-refractivity contribution >= 4 is 40.5 Å². The highest BCUT2D eigenvalue weighted by atomic mass is 32.1. The highest BCUT2D eigenvalue weighted by Gasteiger charge is 2.15. The van der Waals surface area contributed by atoms with Crippen molar-refractivity contribution in [3.8, 4) is 11.5 Å². The van der Waals surface area contributed by atoms with Crippen LogP contribution in [0.1, 0.15) is 24.2 Å². The van der Waals surface area contributed by atoms with E-state index in [1.54, 1.807) is 42.5 Å². The maximum absolute atomic E-state index is 12.5. The van der Waals surface area contributed by atoms with E-state index in [1.807, 2.05) is 13.8 Å². The summed E-state index contributed by atoms with van der Waals surface area (Å²) >= 11 is 5.22. The number of carbonyl (C=O) groups excluding carboxylic acids is 2. The van der Waals surface area contributed by atoms with Crippen molar-refractivity contribution in [1.29, 1.82) is 0 Å². The summed E-state index contributed by atoms with van der Waals surface area (Å²) < 4.78 is 10.4. The van der Waals surface area contributed by atoms with Crippen LogP contribution in [0, 0.1) is 5.92 Å². The molecule has 0 aliphatic heterocycles. The molecule has 0 fully saturated rings. The Morgan fingerprint density at radius 1 is 0.964 bits per heavy atom. The first-order valence-corrected chi connectivity index (χ1v) is 9.00. The SMILES string of the molecule is COc1ccc(C(=O)NC(=S)Nc2cccc(NC(=O)C(C)C)c2)c(OC)c1. The summed E-state index contributed by atoms with van der Waals surface area (Å²) in [6.07, 6.45) is 0. The standard InChI is InChI=1S/C20H23N3O4S/c1-12(2)18(24)21-13-6-5-7-14(10-13)22-20(28)23-19(25)16-9-8-15(26-3)11-17(16)27-4/h5-12H,1-4H3,(H,21,24)(H2,22,23,25,28). The smallest absolute Gasteiger partial charge is 0.261 e. The number of benzene rings is 2. The zero-order valence-corrected chi connectivity index (χ0v) is 17.0. The number of ether oxygens (including phenoxy) is 2. The van der Waals surface area contributed by atoms with Crippen molar-refractivity contribution in [3.63, 3.8) is 0 Å². The number of methoxy groups -OCH3 is 2. The fourth-order valence-electron chi connectivity index (χ4n) is 2.28. The summed E-state index contributed by atoms with van der Waals surface area (Å²) in [6.45, 7) is 3.63. The Bertz CT molecular complexity index is 884. The Kier molecular flexibility index (Phi) is 7.34. The van der Waals surface area contributed by atoms with Crippen molar-refractivity contribution in [2.24, 2.45) is 5.92 Å². The molecule has 3 N–H and O–H groups in total. The van der Waals surface area contributed by atoms with Gasteiger partial charge < -0.3 is 20.1 Å². The molecule has 0 aromatic heterocycles. The normalized spacial score (nSPS) is 10.2. The highest BCUT2D eigenvalue weighted by Crippen LogP contribution is 2.24. The van der Waals surface area contributed by atoms with Gasteiger partial charge in [-0.3, -0.25) is 14.9 Å². The second-order valence-corrected chi connectivity index (χ2v) is 6.61. The molecule has 0 saturated heterocycles. The fourth-order valence-corrected chi connectivity index (χ4v) is 2.49. The lowest BCUT2D eigenvalue weighted by atomic mass is 10.2. The number of thiocarbonyl (C=S) groups is 1. The maximum Gasteiger partial charge on any atom is 0.261 e. The average Bonchev–Trinajstić information content (AvgIpc) is 2.67. The Labute approximate surface area is 169 Å². The number of hydrogen-bond acceptors (Lipinski definition) is 5. The number of rotatable bonds is 6. The van der Waals surface area contributed by atoms with Gasteiger partial charge in [0.05, 0.1) is 19.8 Å². The lowest BCUT2D eigenvalue weighted by molar-refractivity contribution is -0.118. The van der Waals surface area contributed by atoms with Crippen molar-refractivity contribution in [2.45, 2.75) is 13.8 Å². The van der Waals surface area contributed by atoms with E-state index in [0.29, 0.717) is 28.4 Å². The Hall–Kier alpha value is -3.13. The quantitative estimate of drug-likeness (QED) is 0.643. The topological polar surface area (TPSA) is 88.7 Å². The molecule has 0 bridgehead atoms. The van der Waals surface area contributed by atoms with Crippen LogP contribution in [0.15, 0.2) is 42.5 Å². The van der Waals surface area contributed by atoms with E-state index in [9.17, 15) is 9.59 Å². The molecule has 0 aliphatic carbocycles. The van der Waals surface area contributed by atoms with Crippen LogP contribution in [0.25, 0.3) is 0 Å². The Balaban J connectivity index is 2.04. The lowest BCUT2D eigenvalue weighted by Crippen LogP contribution is -2.34. The van der Waals surface area contributed by atoms with Gasteiger partial charge in [0.25, 0.3) is 5.91 Å². The summed E-state index contributed by atoms with van der Waals surface area (Å²) in [6, 6.07) is 11.9. The van der Waals surface area contributed by atoms with E-state index in [0.717, 1.165) is 0 Å². The first-order valence-electron chi connectivity index (χ1n) is 8.59. The van der Waals surface area contributed by atoms with Gasteiger partial charge in [0.1, 0.15) is 11.5 Å². The van der Waals surface area contributed by atoms with Crippen molar-refractivity contribution in [1.82, 2.24) is 5.32 Å². The molecular weight excluding hydrogens is 378 g/mol. The second kappa shape index (κ2) is 9.70. The van der Waals surface area contributed by atoms with Gasteiger partial charge in [0.15, 0.2) is 5.11 Å². The van der Waals surface area contributed by atoms with Crippen LogP contribution in [0.2, 0.25) is 0 Å². The monoisotopic (exact) mass is 401 g/mol. The third-order valence-electron chi connectivity index (χ3n) is 3.79. The van der Waals surface area contributed by atoms with Gasteiger partial charge >= 0.3 is 0 Å². The van der Waals surface area contributed by atoms with Crippen LogP contribution in [0.3, 0.4) is 0 Å². The molecule has 0 unspecified atom stereocenters. The summed E-state index contributed by atoms with van der Waals surface area (Å²) in [5.41, 5.74) is 1.59. The molecule has 2 amide bonds. The Morgan fingerprint density at radius 3 is 2.25 bits per heavy atom. The third kappa shape index (κ3) is 5.68. The molecule has 0 heterocycles. The van der Waals surface area contributed by atoms with Gasteiger partial charge in [-0.2, -0.15) is 0 Å². The van der Waals surface area contributed by atoms with Crippen molar-refractivity contribution in [2.75, 3.05) is 24.9 Å². The summed E-state index contributed by atoms with van der Waals surface area (Å²) in [5.74, 6) is 0.324. The molecule has 0 atom stereocenters. The largest absolute Gasteiger partial charge is 0.497 e. The number of amides is 2. The summed E-state index contributed by atoms with van der Waals surface area (Å²) in [7, 11) is 3.00. The molecular formula is C20H23N3O4S. The van der Waals surface area contributed by atoms with Crippen LogP contribution in [0.4, 0.5) is 11.4 Å². The van der Waals surface area contributed by atoms with Crippen LogP contribution in [-0.2, 0) is 4.79 Å². The molecule has 28 heavy (non-hydrogen) atoms. The molecule has 0 aliphatic rings. The molecule has 8 heteroatoms. The molecule has 2 aromatic carbocycles. The zero-order chi connectivity index (χ0) is 20.7. The predicted octanol–water partition coefficient (Wildman–Crippen LogP) is 3.43. The van der Waals surface area contributed by atoms with E-state index >= 15 is 0 Å². The first-order chi connectivity index (χ1) is 13.3. The number of anilines is 2. The predicted molar refractivity (Wildman–Crippen MR) is 113 cm³/mol. The highest BCUT2D eigenvalue weighted by molar-refractivity contribution is 7.80. The average molecular weight is 401 g/mol. The minimum atomic E-state index is -0.415. The van der Waals surface area contributed by atoms with Crippen LogP contribution < -0.4 is 25.4 Å². The number of hydrogen-bond donors (Lipinski definition) is 3. The maximum atomic E-state index is 12.5. The fraction of sp³-hybridized carbons (Fsp3) is 0.250. The van der Waals surface area contributed by atoms with Crippen LogP contribution in [0.5, 0.6) is 11.5 Å². The minimum Gasteiger partial charge on any atom is -0.497 e. The molecule has 2 aromatic rings.